The topological polar surface area (TPSA) is 86.9 Å². The Bertz CT molecular complexity index is 1350. The van der Waals surface area contributed by atoms with Crippen molar-refractivity contribution in [3.8, 4) is 23.0 Å². The molecule has 10 heteroatoms. The van der Waals surface area contributed by atoms with E-state index in [4.69, 9.17) is 9.26 Å². The minimum absolute atomic E-state index is 0.0200. The van der Waals surface area contributed by atoms with E-state index in [2.05, 4.69) is 31.7 Å². The van der Waals surface area contributed by atoms with Crippen LogP contribution in [0.25, 0.3) is 11.5 Å². The summed E-state index contributed by atoms with van der Waals surface area (Å²) in [5.74, 6) is 0.771. The van der Waals surface area contributed by atoms with Crippen LogP contribution in [0.4, 0.5) is 13.6 Å². The van der Waals surface area contributed by atoms with Gasteiger partial charge in [-0.3, -0.25) is 0 Å². The third-order valence-corrected chi connectivity index (χ3v) is 7.35. The van der Waals surface area contributed by atoms with Crippen LogP contribution < -0.4 is 9.47 Å². The van der Waals surface area contributed by atoms with E-state index in [0.29, 0.717) is 17.9 Å². The smallest absolute Gasteiger partial charge is 0.444 e. The average molecular weight is 526 g/mol. The SMILES string of the molecule is CC(C)(C)OC(=O)N(CC1(c2noc(-c3ccc4c(c3)OC(F)(F)O4)n2)CCC1)[C@H]1C[C@@H]1c1ccccc1. The summed E-state index contributed by atoms with van der Waals surface area (Å²) < 4.78 is 47.3. The number of nitrogens with zero attached hydrogens (tertiary/aromatic N) is 3. The molecule has 2 fully saturated rings. The largest absolute Gasteiger partial charge is 0.586 e. The van der Waals surface area contributed by atoms with E-state index in [1.807, 2.05) is 43.9 Å². The van der Waals surface area contributed by atoms with E-state index in [-0.39, 0.29) is 35.4 Å². The van der Waals surface area contributed by atoms with Crippen LogP contribution in [0, 0.1) is 0 Å². The second-order valence-electron chi connectivity index (χ2n) is 11.3. The third-order valence-electron chi connectivity index (χ3n) is 7.35. The number of carbonyl (C=O) groups is 1. The van der Waals surface area contributed by atoms with E-state index in [9.17, 15) is 13.6 Å². The Labute approximate surface area is 218 Å². The van der Waals surface area contributed by atoms with Crippen molar-refractivity contribution in [2.24, 2.45) is 0 Å². The molecule has 3 aliphatic rings. The number of rotatable bonds is 6. The molecule has 6 rings (SSSR count). The average Bonchev–Trinajstić information content (AvgIpc) is 3.32. The Morgan fingerprint density at radius 3 is 2.53 bits per heavy atom. The zero-order valence-electron chi connectivity index (χ0n) is 21.4. The van der Waals surface area contributed by atoms with E-state index in [0.717, 1.165) is 25.7 Å². The molecule has 8 nitrogen and oxygen atoms in total. The van der Waals surface area contributed by atoms with Crippen LogP contribution in [0.15, 0.2) is 53.1 Å². The number of ether oxygens (including phenoxy) is 3. The van der Waals surface area contributed by atoms with Gasteiger partial charge in [0.05, 0.1) is 5.41 Å². The highest BCUT2D eigenvalue weighted by molar-refractivity contribution is 5.70. The minimum atomic E-state index is -3.71. The van der Waals surface area contributed by atoms with Crippen LogP contribution in [-0.4, -0.2) is 45.6 Å². The molecule has 3 aromatic rings. The zero-order valence-corrected chi connectivity index (χ0v) is 21.4. The fourth-order valence-electron chi connectivity index (χ4n) is 5.24. The number of amides is 1. The molecular weight excluding hydrogens is 496 g/mol. The number of benzene rings is 2. The van der Waals surface area contributed by atoms with Gasteiger partial charge >= 0.3 is 12.4 Å². The first-order chi connectivity index (χ1) is 18.0. The van der Waals surface area contributed by atoms with Crippen molar-refractivity contribution in [2.45, 2.75) is 75.7 Å². The quantitative estimate of drug-likeness (QED) is 0.375. The predicted octanol–water partition coefficient (Wildman–Crippen LogP) is 6.27. The molecule has 2 aliphatic carbocycles. The molecule has 1 amide bonds. The van der Waals surface area contributed by atoms with E-state index >= 15 is 0 Å². The lowest BCUT2D eigenvalue weighted by Gasteiger charge is -2.43. The lowest BCUT2D eigenvalue weighted by molar-refractivity contribution is -0.286. The van der Waals surface area contributed by atoms with Crippen LogP contribution in [0.1, 0.15) is 63.8 Å². The van der Waals surface area contributed by atoms with Gasteiger partial charge in [0, 0.05) is 24.1 Å². The van der Waals surface area contributed by atoms with Crippen molar-refractivity contribution in [3.05, 3.63) is 59.9 Å². The maximum atomic E-state index is 13.4. The van der Waals surface area contributed by atoms with Gasteiger partial charge in [0.15, 0.2) is 17.3 Å². The Kier molecular flexibility index (Phi) is 5.62. The highest BCUT2D eigenvalue weighted by Gasteiger charge is 2.52. The normalized spacial score (nSPS) is 22.4. The van der Waals surface area contributed by atoms with Gasteiger partial charge in [0.1, 0.15) is 5.60 Å². The molecule has 0 saturated heterocycles. The van der Waals surface area contributed by atoms with Gasteiger partial charge in [0.25, 0.3) is 5.89 Å². The van der Waals surface area contributed by atoms with Gasteiger partial charge in [-0.1, -0.05) is 41.9 Å². The fraction of sp³-hybridized carbons (Fsp3) is 0.464. The standard InChI is InChI=1S/C28H29F2N3O5/c1-26(2,3)37-25(34)33(20-15-19(20)17-8-5-4-6-9-17)16-27(12-7-13-27)24-31-23(38-32-24)18-10-11-21-22(14-18)36-28(29,30)35-21/h4-6,8-11,14,19-20H,7,12-13,15-16H2,1-3H3/t19-,20+/m1/s1. The first-order valence-corrected chi connectivity index (χ1v) is 12.8. The van der Waals surface area contributed by atoms with E-state index in [1.165, 1.54) is 17.7 Å². The second-order valence-corrected chi connectivity index (χ2v) is 11.3. The minimum Gasteiger partial charge on any atom is -0.444 e. The Morgan fingerprint density at radius 2 is 1.84 bits per heavy atom. The van der Waals surface area contributed by atoms with Crippen LogP contribution in [0.3, 0.4) is 0 Å². The molecule has 2 saturated carbocycles. The highest BCUT2D eigenvalue weighted by Crippen LogP contribution is 2.50. The number of hydrogen-bond acceptors (Lipinski definition) is 7. The first-order valence-electron chi connectivity index (χ1n) is 12.8. The number of fused-ring (bicyclic) bond motifs is 1. The number of hydrogen-bond donors (Lipinski definition) is 0. The van der Waals surface area contributed by atoms with Gasteiger partial charge in [0.2, 0.25) is 0 Å². The van der Waals surface area contributed by atoms with Crippen LogP contribution >= 0.6 is 0 Å². The summed E-state index contributed by atoms with van der Waals surface area (Å²) in [5.41, 5.74) is 0.526. The molecule has 1 aliphatic heterocycles. The third kappa shape index (κ3) is 4.68. The van der Waals surface area contributed by atoms with Crippen LogP contribution in [0.5, 0.6) is 11.5 Å². The summed E-state index contributed by atoms with van der Waals surface area (Å²) in [7, 11) is 0. The second kappa shape index (κ2) is 8.68. The maximum Gasteiger partial charge on any atom is 0.586 e. The number of aromatic nitrogens is 2. The molecule has 38 heavy (non-hydrogen) atoms. The Hall–Kier alpha value is -3.69. The van der Waals surface area contributed by atoms with Crippen molar-refractivity contribution in [3.63, 3.8) is 0 Å². The molecule has 0 radical (unpaired) electrons. The highest BCUT2D eigenvalue weighted by atomic mass is 19.3. The molecule has 200 valence electrons. The first kappa shape index (κ1) is 24.6. The molecule has 2 atom stereocenters. The lowest BCUT2D eigenvalue weighted by Crippen LogP contribution is -2.50. The fourth-order valence-corrected chi connectivity index (χ4v) is 5.24. The number of carbonyl (C=O) groups excluding carboxylic acids is 1. The van der Waals surface area contributed by atoms with Crippen molar-refractivity contribution < 1.29 is 32.3 Å². The van der Waals surface area contributed by atoms with Crippen LogP contribution in [0.2, 0.25) is 0 Å². The summed E-state index contributed by atoms with van der Waals surface area (Å²) >= 11 is 0. The Morgan fingerprint density at radius 1 is 1.11 bits per heavy atom. The summed E-state index contributed by atoms with van der Waals surface area (Å²) in [5, 5.41) is 4.27. The Balaban J connectivity index is 1.26. The molecule has 0 spiro atoms. The van der Waals surface area contributed by atoms with Crippen LogP contribution in [-0.2, 0) is 10.2 Å². The van der Waals surface area contributed by atoms with E-state index in [1.54, 1.807) is 6.07 Å². The van der Waals surface area contributed by atoms with Crippen molar-refractivity contribution in [2.75, 3.05) is 6.54 Å². The predicted molar refractivity (Wildman–Crippen MR) is 132 cm³/mol. The lowest BCUT2D eigenvalue weighted by atomic mass is 9.67. The van der Waals surface area contributed by atoms with Gasteiger partial charge in [-0.2, -0.15) is 4.98 Å². The number of halogens is 2. The molecule has 2 heterocycles. The van der Waals surface area contributed by atoms with E-state index < -0.39 is 17.3 Å². The molecule has 0 N–H and O–H groups in total. The van der Waals surface area contributed by atoms with Gasteiger partial charge in [-0.05, 0) is 63.8 Å². The van der Waals surface area contributed by atoms with Gasteiger partial charge < -0.3 is 23.6 Å². The van der Waals surface area contributed by atoms with Crippen molar-refractivity contribution in [1.29, 1.82) is 0 Å². The summed E-state index contributed by atoms with van der Waals surface area (Å²) in [4.78, 5) is 19.9. The summed E-state index contributed by atoms with van der Waals surface area (Å²) in [6.07, 6.45) is -0.644. The van der Waals surface area contributed by atoms with Crippen molar-refractivity contribution in [1.82, 2.24) is 15.0 Å². The number of alkyl halides is 2. The zero-order chi connectivity index (χ0) is 26.7. The van der Waals surface area contributed by atoms with Gasteiger partial charge in [-0.15, -0.1) is 8.78 Å². The molecule has 1 aromatic heterocycles. The molecular formula is C28H29F2N3O5. The molecule has 0 unspecified atom stereocenters. The molecule has 0 bridgehead atoms. The summed E-state index contributed by atoms with van der Waals surface area (Å²) in [6, 6.07) is 14.5. The van der Waals surface area contributed by atoms with Crippen molar-refractivity contribution >= 4 is 6.09 Å². The molecule has 2 aromatic carbocycles. The maximum absolute atomic E-state index is 13.4. The monoisotopic (exact) mass is 525 g/mol. The van der Waals surface area contributed by atoms with Gasteiger partial charge in [-0.25, -0.2) is 4.79 Å². The summed E-state index contributed by atoms with van der Waals surface area (Å²) in [6.45, 7) is 5.98.